The van der Waals surface area contributed by atoms with Gasteiger partial charge in [0.1, 0.15) is 5.65 Å². The maximum absolute atomic E-state index is 12.2. The normalized spacial score (nSPS) is 17.2. The van der Waals surface area contributed by atoms with Crippen molar-refractivity contribution < 1.29 is 0 Å². The van der Waals surface area contributed by atoms with E-state index in [1.165, 1.54) is 12.8 Å². The predicted molar refractivity (Wildman–Crippen MR) is 88.1 cm³/mol. The first-order valence-electron chi connectivity index (χ1n) is 8.01. The SMILES string of the molecule is CNCC1CCN(Cc2cc(=O)n3cc(C)ccc3n2)CC1. The lowest BCUT2D eigenvalue weighted by Crippen LogP contribution is -2.36. The maximum atomic E-state index is 12.2. The molecule has 0 unspecified atom stereocenters. The van der Waals surface area contributed by atoms with Crippen molar-refractivity contribution in [3.63, 3.8) is 0 Å². The van der Waals surface area contributed by atoms with Crippen molar-refractivity contribution in [2.24, 2.45) is 5.92 Å². The van der Waals surface area contributed by atoms with Crippen molar-refractivity contribution in [2.75, 3.05) is 26.7 Å². The quantitative estimate of drug-likeness (QED) is 0.928. The van der Waals surface area contributed by atoms with Crippen LogP contribution in [0.25, 0.3) is 5.65 Å². The van der Waals surface area contributed by atoms with Crippen molar-refractivity contribution in [2.45, 2.75) is 26.3 Å². The van der Waals surface area contributed by atoms with E-state index in [1.54, 1.807) is 10.5 Å². The van der Waals surface area contributed by atoms with Crippen LogP contribution in [0, 0.1) is 12.8 Å². The van der Waals surface area contributed by atoms with Crippen molar-refractivity contribution >= 4 is 5.65 Å². The highest BCUT2D eigenvalue weighted by Crippen LogP contribution is 2.17. The first kappa shape index (κ1) is 15.2. The molecule has 0 aliphatic carbocycles. The summed E-state index contributed by atoms with van der Waals surface area (Å²) in [4.78, 5) is 19.3. The molecule has 5 nitrogen and oxygen atoms in total. The maximum Gasteiger partial charge on any atom is 0.258 e. The number of hydrogen-bond donors (Lipinski definition) is 1. The highest BCUT2D eigenvalue weighted by molar-refractivity contribution is 5.39. The molecule has 0 aromatic carbocycles. The lowest BCUT2D eigenvalue weighted by Gasteiger charge is -2.31. The summed E-state index contributed by atoms with van der Waals surface area (Å²) in [5, 5.41) is 3.26. The average molecular weight is 300 g/mol. The zero-order chi connectivity index (χ0) is 15.5. The molecule has 0 radical (unpaired) electrons. The molecule has 0 spiro atoms. The van der Waals surface area contributed by atoms with Gasteiger partial charge >= 0.3 is 0 Å². The van der Waals surface area contributed by atoms with Gasteiger partial charge in [0.05, 0.1) is 5.69 Å². The Kier molecular flexibility index (Phi) is 4.55. The van der Waals surface area contributed by atoms with Gasteiger partial charge in [-0.05, 0) is 64.0 Å². The lowest BCUT2D eigenvalue weighted by molar-refractivity contribution is 0.175. The number of nitrogens with one attached hydrogen (secondary N) is 1. The number of pyridine rings is 1. The minimum absolute atomic E-state index is 0.00812. The van der Waals surface area contributed by atoms with E-state index in [4.69, 9.17) is 0 Å². The molecule has 0 bridgehead atoms. The third-order valence-electron chi connectivity index (χ3n) is 4.45. The second-order valence-electron chi connectivity index (χ2n) is 6.30. The molecule has 3 heterocycles. The summed E-state index contributed by atoms with van der Waals surface area (Å²) in [7, 11) is 2.01. The second kappa shape index (κ2) is 6.58. The number of rotatable bonds is 4. The van der Waals surface area contributed by atoms with Crippen LogP contribution in [0.5, 0.6) is 0 Å². The van der Waals surface area contributed by atoms with Crippen molar-refractivity contribution in [3.05, 3.63) is 46.0 Å². The number of aryl methyl sites for hydroxylation is 1. The molecule has 1 N–H and O–H groups in total. The topological polar surface area (TPSA) is 49.6 Å². The van der Waals surface area contributed by atoms with E-state index < -0.39 is 0 Å². The molecule has 5 heteroatoms. The summed E-state index contributed by atoms with van der Waals surface area (Å²) < 4.78 is 1.62. The summed E-state index contributed by atoms with van der Waals surface area (Å²) in [5.74, 6) is 0.777. The molecule has 1 saturated heterocycles. The van der Waals surface area contributed by atoms with Gasteiger partial charge in [0.25, 0.3) is 5.56 Å². The number of piperidine rings is 1. The van der Waals surface area contributed by atoms with E-state index in [0.717, 1.165) is 49.0 Å². The average Bonchev–Trinajstić information content (AvgIpc) is 2.50. The van der Waals surface area contributed by atoms with Gasteiger partial charge in [-0.3, -0.25) is 14.1 Å². The van der Waals surface area contributed by atoms with Crippen LogP contribution < -0.4 is 10.9 Å². The van der Waals surface area contributed by atoms with Crippen LogP contribution in [0.15, 0.2) is 29.2 Å². The summed E-state index contributed by atoms with van der Waals surface area (Å²) in [5.41, 5.74) is 2.68. The molecule has 1 aliphatic rings. The smallest absolute Gasteiger partial charge is 0.258 e. The Morgan fingerprint density at radius 2 is 2.09 bits per heavy atom. The fourth-order valence-corrected chi connectivity index (χ4v) is 3.21. The fraction of sp³-hybridized carbons (Fsp3) is 0.529. The van der Waals surface area contributed by atoms with Crippen LogP contribution in [0.1, 0.15) is 24.1 Å². The van der Waals surface area contributed by atoms with Crippen LogP contribution in [-0.4, -0.2) is 41.0 Å². The van der Waals surface area contributed by atoms with Crippen LogP contribution in [0.4, 0.5) is 0 Å². The summed E-state index contributed by atoms with van der Waals surface area (Å²) in [6.45, 7) is 6.02. The van der Waals surface area contributed by atoms with E-state index in [-0.39, 0.29) is 5.56 Å². The number of fused-ring (bicyclic) bond motifs is 1. The lowest BCUT2D eigenvalue weighted by atomic mass is 9.97. The molecule has 1 fully saturated rings. The predicted octanol–water partition coefficient (Wildman–Crippen LogP) is 1.43. The Balaban J connectivity index is 1.72. The van der Waals surface area contributed by atoms with Gasteiger partial charge in [-0.1, -0.05) is 6.07 Å². The molecule has 118 valence electrons. The van der Waals surface area contributed by atoms with Crippen molar-refractivity contribution in [1.29, 1.82) is 0 Å². The molecule has 3 rings (SSSR count). The molecule has 0 saturated carbocycles. The Labute approximate surface area is 131 Å². The van der Waals surface area contributed by atoms with Gasteiger partial charge < -0.3 is 5.32 Å². The summed E-state index contributed by atoms with van der Waals surface area (Å²) in [6.07, 6.45) is 4.27. The molecule has 0 amide bonds. The molecular formula is C17H24N4O. The Morgan fingerprint density at radius 1 is 1.32 bits per heavy atom. The molecule has 0 atom stereocenters. The van der Waals surface area contributed by atoms with Gasteiger partial charge in [-0.15, -0.1) is 0 Å². The second-order valence-corrected chi connectivity index (χ2v) is 6.30. The number of likely N-dealkylation sites (tertiary alicyclic amines) is 1. The van der Waals surface area contributed by atoms with E-state index in [9.17, 15) is 4.79 Å². The van der Waals surface area contributed by atoms with Gasteiger partial charge in [-0.2, -0.15) is 0 Å². The first-order valence-corrected chi connectivity index (χ1v) is 8.01. The monoisotopic (exact) mass is 300 g/mol. The van der Waals surface area contributed by atoms with Gasteiger partial charge in [-0.25, -0.2) is 4.98 Å². The fourth-order valence-electron chi connectivity index (χ4n) is 3.21. The molecule has 1 aliphatic heterocycles. The zero-order valence-electron chi connectivity index (χ0n) is 13.4. The molecule has 2 aromatic heterocycles. The van der Waals surface area contributed by atoms with E-state index in [2.05, 4.69) is 15.2 Å². The largest absolute Gasteiger partial charge is 0.319 e. The van der Waals surface area contributed by atoms with E-state index in [1.807, 2.05) is 32.3 Å². The number of hydrogen-bond acceptors (Lipinski definition) is 4. The molecule has 22 heavy (non-hydrogen) atoms. The zero-order valence-corrected chi connectivity index (χ0v) is 13.4. The Hall–Kier alpha value is -1.72. The van der Waals surface area contributed by atoms with Crippen molar-refractivity contribution in [3.8, 4) is 0 Å². The van der Waals surface area contributed by atoms with Gasteiger partial charge in [0.15, 0.2) is 0 Å². The van der Waals surface area contributed by atoms with E-state index >= 15 is 0 Å². The third kappa shape index (κ3) is 3.36. The highest BCUT2D eigenvalue weighted by atomic mass is 16.1. The van der Waals surface area contributed by atoms with Crippen LogP contribution in [-0.2, 0) is 6.54 Å². The van der Waals surface area contributed by atoms with Crippen LogP contribution in [0.3, 0.4) is 0 Å². The highest BCUT2D eigenvalue weighted by Gasteiger charge is 2.19. The van der Waals surface area contributed by atoms with Gasteiger partial charge in [0.2, 0.25) is 0 Å². The third-order valence-corrected chi connectivity index (χ3v) is 4.45. The summed E-state index contributed by atoms with van der Waals surface area (Å²) >= 11 is 0. The van der Waals surface area contributed by atoms with Crippen LogP contribution in [0.2, 0.25) is 0 Å². The van der Waals surface area contributed by atoms with Crippen molar-refractivity contribution in [1.82, 2.24) is 19.6 Å². The minimum Gasteiger partial charge on any atom is -0.319 e. The molecular weight excluding hydrogens is 276 g/mol. The number of nitrogens with zero attached hydrogens (tertiary/aromatic N) is 3. The Morgan fingerprint density at radius 3 is 2.82 bits per heavy atom. The standard InChI is InChI=1S/C17H24N4O/c1-13-3-4-16-19-15(9-17(22)21(16)11-13)12-20-7-5-14(6-8-20)10-18-2/h3-4,9,11,14,18H,5-8,10,12H2,1-2H3. The summed E-state index contributed by atoms with van der Waals surface area (Å²) in [6, 6.07) is 5.58. The molecule has 2 aromatic rings. The number of aromatic nitrogens is 2. The Bertz CT molecular complexity index is 701. The first-order chi connectivity index (χ1) is 10.7. The van der Waals surface area contributed by atoms with E-state index in [0.29, 0.717) is 0 Å². The van der Waals surface area contributed by atoms with Gasteiger partial charge in [0, 0.05) is 18.8 Å². The van der Waals surface area contributed by atoms with Crippen LogP contribution >= 0.6 is 0 Å². The minimum atomic E-state index is 0.00812.